The number of hydrogen-bond acceptors (Lipinski definition) is 6. The lowest BCUT2D eigenvalue weighted by molar-refractivity contribution is -0.143. The van der Waals surface area contributed by atoms with Crippen LogP contribution in [0.25, 0.3) is 0 Å². The Hall–Kier alpha value is -1.73. The number of fused-ring (bicyclic) bond motifs is 1. The van der Waals surface area contributed by atoms with Crippen LogP contribution < -0.4 is 10.5 Å². The van der Waals surface area contributed by atoms with Crippen LogP contribution in [0.5, 0.6) is 5.88 Å². The molecule has 0 radical (unpaired) electrons. The monoisotopic (exact) mass is 306 g/mol. The second kappa shape index (κ2) is 6.58. The zero-order valence-corrected chi connectivity index (χ0v) is 12.8. The number of rotatable bonds is 4. The molecule has 7 nitrogen and oxygen atoms in total. The highest BCUT2D eigenvalue weighted by Crippen LogP contribution is 2.27. The average Bonchev–Trinajstić information content (AvgIpc) is 3.03. The van der Waals surface area contributed by atoms with Crippen LogP contribution in [0.2, 0.25) is 0 Å². The van der Waals surface area contributed by atoms with E-state index in [1.807, 2.05) is 11.8 Å². The second-order valence-corrected chi connectivity index (χ2v) is 5.61. The number of nitrogens with zero attached hydrogens (tertiary/aromatic N) is 3. The van der Waals surface area contributed by atoms with Gasteiger partial charge in [-0.1, -0.05) is 0 Å². The van der Waals surface area contributed by atoms with E-state index in [1.165, 1.54) is 6.33 Å². The van der Waals surface area contributed by atoms with E-state index in [0.29, 0.717) is 32.1 Å². The molecule has 3 heterocycles. The van der Waals surface area contributed by atoms with Crippen molar-refractivity contribution in [3.63, 3.8) is 0 Å². The molecule has 0 saturated carbocycles. The van der Waals surface area contributed by atoms with E-state index in [2.05, 4.69) is 9.97 Å². The van der Waals surface area contributed by atoms with Crippen LogP contribution in [0, 0.1) is 0 Å². The Bertz CT molecular complexity index is 552. The van der Waals surface area contributed by atoms with Crippen molar-refractivity contribution in [3.05, 3.63) is 17.6 Å². The predicted octanol–water partition coefficient (Wildman–Crippen LogP) is 0.266. The summed E-state index contributed by atoms with van der Waals surface area (Å²) in [6, 6.07) is 0. The van der Waals surface area contributed by atoms with Gasteiger partial charge in [-0.3, -0.25) is 4.79 Å². The largest absolute Gasteiger partial charge is 0.478 e. The SMILES string of the molecule is CCOc1ncnc2c1CN(C(=O)[C@@H]1CC[C@H](CN)O1)CC2. The van der Waals surface area contributed by atoms with E-state index in [1.54, 1.807) is 0 Å². The molecule has 7 heteroatoms. The molecule has 1 saturated heterocycles. The lowest BCUT2D eigenvalue weighted by Crippen LogP contribution is -2.42. The zero-order chi connectivity index (χ0) is 15.5. The van der Waals surface area contributed by atoms with Crippen LogP contribution in [0.3, 0.4) is 0 Å². The summed E-state index contributed by atoms with van der Waals surface area (Å²) in [7, 11) is 0. The topological polar surface area (TPSA) is 90.6 Å². The van der Waals surface area contributed by atoms with E-state index in [4.69, 9.17) is 15.2 Å². The lowest BCUT2D eigenvalue weighted by Gasteiger charge is -2.30. The molecule has 1 fully saturated rings. The predicted molar refractivity (Wildman–Crippen MR) is 79.3 cm³/mol. The average molecular weight is 306 g/mol. The summed E-state index contributed by atoms with van der Waals surface area (Å²) in [5.41, 5.74) is 7.49. The molecular weight excluding hydrogens is 284 g/mol. The van der Waals surface area contributed by atoms with Gasteiger partial charge in [0, 0.05) is 19.5 Å². The third-order valence-corrected chi connectivity index (χ3v) is 4.20. The third kappa shape index (κ3) is 2.91. The van der Waals surface area contributed by atoms with Gasteiger partial charge in [0.15, 0.2) is 0 Å². The van der Waals surface area contributed by atoms with E-state index in [-0.39, 0.29) is 18.1 Å². The van der Waals surface area contributed by atoms with Crippen molar-refractivity contribution >= 4 is 5.91 Å². The molecule has 0 unspecified atom stereocenters. The van der Waals surface area contributed by atoms with Gasteiger partial charge in [-0.15, -0.1) is 0 Å². The van der Waals surface area contributed by atoms with Crippen LogP contribution >= 0.6 is 0 Å². The van der Waals surface area contributed by atoms with E-state index in [9.17, 15) is 4.79 Å². The van der Waals surface area contributed by atoms with E-state index in [0.717, 1.165) is 30.5 Å². The summed E-state index contributed by atoms with van der Waals surface area (Å²) in [4.78, 5) is 22.9. The van der Waals surface area contributed by atoms with Crippen molar-refractivity contribution in [2.75, 3.05) is 19.7 Å². The minimum atomic E-state index is -0.365. The molecule has 2 N–H and O–H groups in total. The maximum Gasteiger partial charge on any atom is 0.252 e. The fourth-order valence-electron chi connectivity index (χ4n) is 3.03. The Morgan fingerprint density at radius 2 is 2.36 bits per heavy atom. The fraction of sp³-hybridized carbons (Fsp3) is 0.667. The highest BCUT2D eigenvalue weighted by molar-refractivity contribution is 5.81. The number of aromatic nitrogens is 2. The molecule has 2 aliphatic rings. The summed E-state index contributed by atoms with van der Waals surface area (Å²) in [6.07, 6.45) is 3.48. The lowest BCUT2D eigenvalue weighted by atomic mass is 10.1. The summed E-state index contributed by atoms with van der Waals surface area (Å²) < 4.78 is 11.3. The van der Waals surface area contributed by atoms with Crippen molar-refractivity contribution < 1.29 is 14.3 Å². The number of nitrogens with two attached hydrogens (primary N) is 1. The van der Waals surface area contributed by atoms with Crippen LogP contribution in [0.1, 0.15) is 31.0 Å². The first-order valence-corrected chi connectivity index (χ1v) is 7.82. The molecule has 120 valence electrons. The maximum atomic E-state index is 12.6. The van der Waals surface area contributed by atoms with Gasteiger partial charge >= 0.3 is 0 Å². The van der Waals surface area contributed by atoms with Crippen LogP contribution in [0.4, 0.5) is 0 Å². The standard InChI is InChI=1S/C15H22N4O3/c1-2-21-14-11-8-19(6-5-12(11)17-9-18-14)15(20)13-4-3-10(7-16)22-13/h9-10,13H,2-8,16H2,1H3/t10-,13+/m1/s1. The first-order chi connectivity index (χ1) is 10.7. The van der Waals surface area contributed by atoms with Gasteiger partial charge in [-0.2, -0.15) is 0 Å². The summed E-state index contributed by atoms with van der Waals surface area (Å²) in [6.45, 7) is 4.06. The normalized spacial score (nSPS) is 24.2. The van der Waals surface area contributed by atoms with Crippen molar-refractivity contribution in [2.45, 2.75) is 44.9 Å². The number of carbonyl (C=O) groups excluding carboxylic acids is 1. The van der Waals surface area contributed by atoms with Gasteiger partial charge in [0.05, 0.1) is 30.5 Å². The number of ether oxygens (including phenoxy) is 2. The number of hydrogen-bond donors (Lipinski definition) is 1. The Labute approximate surface area is 129 Å². The molecule has 1 amide bonds. The summed E-state index contributed by atoms with van der Waals surface area (Å²) in [5.74, 6) is 0.616. The molecule has 0 spiro atoms. The Kier molecular flexibility index (Phi) is 4.54. The Morgan fingerprint density at radius 1 is 1.50 bits per heavy atom. The fourth-order valence-corrected chi connectivity index (χ4v) is 3.03. The maximum absolute atomic E-state index is 12.6. The highest BCUT2D eigenvalue weighted by Gasteiger charge is 2.35. The molecule has 0 bridgehead atoms. The third-order valence-electron chi connectivity index (χ3n) is 4.20. The molecule has 1 aromatic rings. The molecule has 0 aromatic carbocycles. The molecule has 2 aliphatic heterocycles. The number of carbonyl (C=O) groups is 1. The first kappa shape index (κ1) is 15.2. The smallest absolute Gasteiger partial charge is 0.252 e. The first-order valence-electron chi connectivity index (χ1n) is 7.82. The van der Waals surface area contributed by atoms with Crippen molar-refractivity contribution in [1.82, 2.24) is 14.9 Å². The van der Waals surface area contributed by atoms with Crippen LogP contribution in [-0.4, -0.2) is 52.7 Å². The molecule has 22 heavy (non-hydrogen) atoms. The summed E-state index contributed by atoms with van der Waals surface area (Å²) in [5, 5.41) is 0. The van der Waals surface area contributed by atoms with Gasteiger partial charge in [-0.05, 0) is 19.8 Å². The second-order valence-electron chi connectivity index (χ2n) is 5.61. The van der Waals surface area contributed by atoms with Gasteiger partial charge in [-0.25, -0.2) is 9.97 Å². The van der Waals surface area contributed by atoms with Crippen molar-refractivity contribution in [1.29, 1.82) is 0 Å². The van der Waals surface area contributed by atoms with Gasteiger partial charge < -0.3 is 20.1 Å². The van der Waals surface area contributed by atoms with Gasteiger partial charge in [0.2, 0.25) is 5.88 Å². The molecule has 2 atom stereocenters. The molecule has 3 rings (SSSR count). The Balaban J connectivity index is 1.72. The quantitative estimate of drug-likeness (QED) is 0.858. The van der Waals surface area contributed by atoms with Crippen LogP contribution in [-0.2, 0) is 22.5 Å². The van der Waals surface area contributed by atoms with Gasteiger partial charge in [0.25, 0.3) is 5.91 Å². The zero-order valence-electron chi connectivity index (χ0n) is 12.8. The van der Waals surface area contributed by atoms with E-state index < -0.39 is 0 Å². The van der Waals surface area contributed by atoms with E-state index >= 15 is 0 Å². The number of amides is 1. The molecule has 1 aromatic heterocycles. The minimum absolute atomic E-state index is 0.00773. The van der Waals surface area contributed by atoms with Crippen molar-refractivity contribution in [3.8, 4) is 5.88 Å². The van der Waals surface area contributed by atoms with Crippen molar-refractivity contribution in [2.24, 2.45) is 5.73 Å². The molecular formula is C15H22N4O3. The Morgan fingerprint density at radius 3 is 3.09 bits per heavy atom. The molecule has 0 aliphatic carbocycles. The highest BCUT2D eigenvalue weighted by atomic mass is 16.5. The minimum Gasteiger partial charge on any atom is -0.478 e. The summed E-state index contributed by atoms with van der Waals surface area (Å²) >= 11 is 0. The van der Waals surface area contributed by atoms with Crippen LogP contribution in [0.15, 0.2) is 6.33 Å². The van der Waals surface area contributed by atoms with Gasteiger partial charge in [0.1, 0.15) is 12.4 Å².